The van der Waals surface area contributed by atoms with Crippen molar-refractivity contribution in [1.29, 1.82) is 0 Å². The molecule has 0 unspecified atom stereocenters. The Balaban J connectivity index is 0.00000272. The largest absolute Gasteiger partial charge is 1.00 e. The van der Waals surface area contributed by atoms with E-state index in [0.29, 0.717) is 23.6 Å². The molecule has 1 heterocycles. The van der Waals surface area contributed by atoms with Crippen LogP contribution in [0.25, 0.3) is 11.1 Å². The first-order chi connectivity index (χ1) is 14.5. The number of rotatable bonds is 6. The molecule has 4 nitrogen and oxygen atoms in total. The Labute approximate surface area is 210 Å². The molecule has 2 aromatic carbocycles. The number of aromatic carboxylic acids is 1. The van der Waals surface area contributed by atoms with Crippen molar-refractivity contribution in [2.24, 2.45) is 0 Å². The van der Waals surface area contributed by atoms with Crippen LogP contribution in [0, 0.1) is 5.82 Å². The number of carboxylic acids is 1. The van der Waals surface area contributed by atoms with Gasteiger partial charge in [-0.1, -0.05) is 34.1 Å². The summed E-state index contributed by atoms with van der Waals surface area (Å²) in [5.74, 6) is -1.08. The summed E-state index contributed by atoms with van der Waals surface area (Å²) in [5, 5.41) is 11.2. The molecule has 1 aliphatic rings. The Morgan fingerprint density at radius 2 is 1.81 bits per heavy atom. The predicted molar refractivity (Wildman–Crippen MR) is 114 cm³/mol. The smallest absolute Gasteiger partial charge is 0.543 e. The molecule has 0 fully saturated rings. The standard InChI is InChI=1S/C24H19BrFNO3.Na/c25-16-9-7-15(8-10-16)14-30-23-12-11-17(26)13-20(23)18-3-1-4-19(18)21-5-2-6-22(27-21)24(28)29;/h2,5-13H,1,3-4,14H2,(H,28,29);/q;+1/p-1. The molecule has 0 spiro atoms. The summed E-state index contributed by atoms with van der Waals surface area (Å²) in [4.78, 5) is 15.4. The van der Waals surface area contributed by atoms with E-state index in [2.05, 4.69) is 20.9 Å². The fourth-order valence-electron chi connectivity index (χ4n) is 3.65. The van der Waals surface area contributed by atoms with Gasteiger partial charge in [0.15, 0.2) is 0 Å². The molecule has 0 saturated carbocycles. The van der Waals surface area contributed by atoms with Gasteiger partial charge in [0.25, 0.3) is 0 Å². The zero-order valence-electron chi connectivity index (χ0n) is 17.0. The van der Waals surface area contributed by atoms with E-state index in [1.807, 2.05) is 24.3 Å². The molecule has 0 bridgehead atoms. The van der Waals surface area contributed by atoms with Crippen LogP contribution in [0.4, 0.5) is 4.39 Å². The van der Waals surface area contributed by atoms with E-state index in [9.17, 15) is 14.3 Å². The number of carbonyl (C=O) groups is 1. The average Bonchev–Trinajstić information content (AvgIpc) is 3.24. The fraction of sp³-hybridized carbons (Fsp3) is 0.167. The fourth-order valence-corrected chi connectivity index (χ4v) is 3.91. The van der Waals surface area contributed by atoms with Crippen molar-refractivity contribution >= 4 is 33.0 Å². The van der Waals surface area contributed by atoms with Crippen molar-refractivity contribution in [2.75, 3.05) is 0 Å². The maximum atomic E-state index is 14.1. The molecule has 0 saturated heterocycles. The third kappa shape index (κ3) is 5.63. The second kappa shape index (κ2) is 10.6. The summed E-state index contributed by atoms with van der Waals surface area (Å²) in [6.45, 7) is 0.354. The first-order valence-electron chi connectivity index (χ1n) is 9.59. The third-order valence-electron chi connectivity index (χ3n) is 5.06. The molecule has 1 aliphatic carbocycles. The maximum Gasteiger partial charge on any atom is 1.00 e. The number of allylic oxidation sites excluding steroid dienone is 2. The first-order valence-corrected chi connectivity index (χ1v) is 10.4. The van der Waals surface area contributed by atoms with E-state index in [-0.39, 0.29) is 41.1 Å². The SMILES string of the molecule is O=C([O-])c1cccc(C2=C(c3cc(F)ccc3OCc3ccc(Br)cc3)CCC2)n1.[Na+]. The van der Waals surface area contributed by atoms with Crippen molar-refractivity contribution < 1.29 is 48.6 Å². The van der Waals surface area contributed by atoms with Crippen LogP contribution >= 0.6 is 15.9 Å². The van der Waals surface area contributed by atoms with Crippen molar-refractivity contribution in [1.82, 2.24) is 4.98 Å². The molecule has 0 atom stereocenters. The Bertz CT molecular complexity index is 1130. The number of hydrogen-bond donors (Lipinski definition) is 0. The van der Waals surface area contributed by atoms with Gasteiger partial charge in [0.2, 0.25) is 0 Å². The van der Waals surface area contributed by atoms with Gasteiger partial charge in [-0.15, -0.1) is 0 Å². The number of hydrogen-bond acceptors (Lipinski definition) is 4. The van der Waals surface area contributed by atoms with Gasteiger partial charge in [0.1, 0.15) is 18.2 Å². The molecular formula is C24H18BrFNNaO3. The molecule has 152 valence electrons. The molecule has 7 heteroatoms. The summed E-state index contributed by atoms with van der Waals surface area (Å²) in [6.07, 6.45) is 2.36. The number of halogens is 2. The van der Waals surface area contributed by atoms with Gasteiger partial charge in [-0.2, -0.15) is 0 Å². The topological polar surface area (TPSA) is 62.2 Å². The minimum absolute atomic E-state index is 0. The van der Waals surface area contributed by atoms with E-state index < -0.39 is 5.97 Å². The summed E-state index contributed by atoms with van der Waals surface area (Å²) >= 11 is 3.41. The van der Waals surface area contributed by atoms with Crippen LogP contribution in [0.2, 0.25) is 0 Å². The van der Waals surface area contributed by atoms with Crippen molar-refractivity contribution in [3.8, 4) is 5.75 Å². The van der Waals surface area contributed by atoms with Gasteiger partial charge >= 0.3 is 29.6 Å². The van der Waals surface area contributed by atoms with Crippen LogP contribution in [-0.2, 0) is 6.61 Å². The molecule has 0 aliphatic heterocycles. The predicted octanol–water partition coefficient (Wildman–Crippen LogP) is 2.02. The molecule has 0 amide bonds. The van der Waals surface area contributed by atoms with E-state index in [1.54, 1.807) is 18.2 Å². The van der Waals surface area contributed by atoms with E-state index in [0.717, 1.165) is 40.4 Å². The Morgan fingerprint density at radius 1 is 1.06 bits per heavy atom. The third-order valence-corrected chi connectivity index (χ3v) is 5.59. The first kappa shape index (κ1) is 23.7. The van der Waals surface area contributed by atoms with Gasteiger partial charge < -0.3 is 14.6 Å². The molecule has 3 aromatic rings. The number of carboxylic acid groups (broad SMARTS) is 1. The van der Waals surface area contributed by atoms with Crippen LogP contribution < -0.4 is 39.4 Å². The summed E-state index contributed by atoms with van der Waals surface area (Å²) in [6, 6.07) is 17.1. The maximum absolute atomic E-state index is 14.1. The number of benzene rings is 2. The van der Waals surface area contributed by atoms with E-state index >= 15 is 0 Å². The van der Waals surface area contributed by atoms with Crippen molar-refractivity contribution in [2.45, 2.75) is 25.9 Å². The van der Waals surface area contributed by atoms with Crippen molar-refractivity contribution in [3.05, 3.63) is 93.5 Å². The number of nitrogens with zero attached hydrogens (tertiary/aromatic N) is 1. The van der Waals surface area contributed by atoms with Crippen LogP contribution in [0.3, 0.4) is 0 Å². The monoisotopic (exact) mass is 489 g/mol. The van der Waals surface area contributed by atoms with Gasteiger partial charge in [0, 0.05) is 10.0 Å². The molecule has 0 N–H and O–H groups in total. The number of aromatic nitrogens is 1. The second-order valence-corrected chi connectivity index (χ2v) is 7.98. The van der Waals surface area contributed by atoms with E-state index in [1.165, 1.54) is 18.2 Å². The summed E-state index contributed by atoms with van der Waals surface area (Å²) in [7, 11) is 0. The molecular weight excluding hydrogens is 472 g/mol. The Morgan fingerprint density at radius 3 is 2.55 bits per heavy atom. The zero-order valence-corrected chi connectivity index (χ0v) is 20.6. The van der Waals surface area contributed by atoms with Gasteiger partial charge in [-0.25, -0.2) is 9.37 Å². The summed E-state index contributed by atoms with van der Waals surface area (Å²) < 4.78 is 21.1. The number of ether oxygens (including phenoxy) is 1. The average molecular weight is 490 g/mol. The van der Waals surface area contributed by atoms with Crippen LogP contribution in [0.15, 0.2) is 65.1 Å². The Hall–Kier alpha value is -1.99. The zero-order chi connectivity index (χ0) is 21.1. The van der Waals surface area contributed by atoms with Crippen LogP contribution in [0.5, 0.6) is 5.75 Å². The normalized spacial score (nSPS) is 13.1. The number of carbonyl (C=O) groups excluding carboxylic acids is 1. The molecule has 1 aromatic heterocycles. The quantitative estimate of drug-likeness (QED) is 0.497. The summed E-state index contributed by atoms with van der Waals surface area (Å²) in [5.41, 5.74) is 3.99. The molecule has 0 radical (unpaired) electrons. The van der Waals surface area contributed by atoms with Gasteiger partial charge in [0.05, 0.1) is 17.4 Å². The van der Waals surface area contributed by atoms with Crippen LogP contribution in [0.1, 0.15) is 46.6 Å². The van der Waals surface area contributed by atoms with Gasteiger partial charge in [-0.3, -0.25) is 0 Å². The molecule has 31 heavy (non-hydrogen) atoms. The van der Waals surface area contributed by atoms with Gasteiger partial charge in [-0.05, 0) is 78.4 Å². The van der Waals surface area contributed by atoms with Crippen LogP contribution in [-0.4, -0.2) is 11.0 Å². The molecule has 4 rings (SSSR count). The Kier molecular flexibility index (Phi) is 8.06. The minimum atomic E-state index is -1.32. The number of pyridine rings is 1. The minimum Gasteiger partial charge on any atom is -0.543 e. The second-order valence-electron chi connectivity index (χ2n) is 7.06. The van der Waals surface area contributed by atoms with E-state index in [4.69, 9.17) is 4.74 Å². The van der Waals surface area contributed by atoms with Crippen molar-refractivity contribution in [3.63, 3.8) is 0 Å².